The molecule has 124 valence electrons. The van der Waals surface area contributed by atoms with Gasteiger partial charge in [0.1, 0.15) is 5.82 Å². The molecule has 1 saturated carbocycles. The number of amides is 2. The van der Waals surface area contributed by atoms with Crippen LogP contribution in [0.25, 0.3) is 0 Å². The van der Waals surface area contributed by atoms with Gasteiger partial charge in [0, 0.05) is 36.3 Å². The molecule has 0 radical (unpaired) electrons. The molecule has 2 N–H and O–H groups in total. The van der Waals surface area contributed by atoms with Gasteiger partial charge in [-0.3, -0.25) is 14.5 Å². The van der Waals surface area contributed by atoms with E-state index >= 15 is 0 Å². The van der Waals surface area contributed by atoms with Gasteiger partial charge < -0.3 is 10.6 Å². The molecule has 2 fully saturated rings. The lowest BCUT2D eigenvalue weighted by molar-refractivity contribution is -0.134. The molecule has 5 nitrogen and oxygen atoms in total. The first-order valence-corrected chi connectivity index (χ1v) is 8.16. The van der Waals surface area contributed by atoms with Crippen LogP contribution in [0.4, 0.5) is 4.39 Å². The van der Waals surface area contributed by atoms with Gasteiger partial charge in [-0.15, -0.1) is 0 Å². The Morgan fingerprint density at radius 1 is 1.43 bits per heavy atom. The molecule has 1 aliphatic heterocycles. The van der Waals surface area contributed by atoms with E-state index in [2.05, 4.69) is 10.6 Å². The highest BCUT2D eigenvalue weighted by Gasteiger charge is 2.33. The molecular formula is C16H19ClFN3O2. The quantitative estimate of drug-likeness (QED) is 0.853. The zero-order chi connectivity index (χ0) is 16.4. The Morgan fingerprint density at radius 3 is 2.91 bits per heavy atom. The Kier molecular flexibility index (Phi) is 4.82. The normalized spacial score (nSPS) is 21.8. The minimum absolute atomic E-state index is 0.0778. The summed E-state index contributed by atoms with van der Waals surface area (Å²) in [6, 6.07) is 4.17. The first kappa shape index (κ1) is 16.2. The van der Waals surface area contributed by atoms with Crippen molar-refractivity contribution in [1.29, 1.82) is 0 Å². The molecule has 1 saturated heterocycles. The van der Waals surface area contributed by atoms with Crippen molar-refractivity contribution in [3.63, 3.8) is 0 Å². The topological polar surface area (TPSA) is 61.4 Å². The standard InChI is InChI=1S/C16H19ClFN3O2/c17-12-2-1-3-13(18)11(12)9-21-7-6-19-16(23)14(21)8-15(22)20-10-4-5-10/h1-3,10,14H,4-9H2,(H,19,23)(H,20,22). The van der Waals surface area contributed by atoms with Crippen LogP contribution in [0.15, 0.2) is 18.2 Å². The van der Waals surface area contributed by atoms with E-state index in [4.69, 9.17) is 11.6 Å². The third-order valence-electron chi connectivity index (χ3n) is 4.19. The number of carbonyl (C=O) groups is 2. The van der Waals surface area contributed by atoms with Crippen LogP contribution in [0.1, 0.15) is 24.8 Å². The maximum absolute atomic E-state index is 14.0. The van der Waals surface area contributed by atoms with Gasteiger partial charge in [0.15, 0.2) is 0 Å². The second-order valence-corrected chi connectivity index (χ2v) is 6.43. The molecule has 0 aromatic heterocycles. The van der Waals surface area contributed by atoms with E-state index in [1.54, 1.807) is 12.1 Å². The third-order valence-corrected chi connectivity index (χ3v) is 4.54. The molecule has 1 atom stereocenters. The highest BCUT2D eigenvalue weighted by atomic mass is 35.5. The highest BCUT2D eigenvalue weighted by Crippen LogP contribution is 2.23. The minimum Gasteiger partial charge on any atom is -0.353 e. The monoisotopic (exact) mass is 339 g/mol. The fourth-order valence-electron chi connectivity index (χ4n) is 2.75. The lowest BCUT2D eigenvalue weighted by Crippen LogP contribution is -2.56. The van der Waals surface area contributed by atoms with Gasteiger partial charge in [-0.05, 0) is 25.0 Å². The van der Waals surface area contributed by atoms with Crippen molar-refractivity contribution < 1.29 is 14.0 Å². The summed E-state index contributed by atoms with van der Waals surface area (Å²) in [5.41, 5.74) is 0.358. The number of rotatable bonds is 5. The molecule has 23 heavy (non-hydrogen) atoms. The number of piperazine rings is 1. The van der Waals surface area contributed by atoms with E-state index in [0.717, 1.165) is 12.8 Å². The van der Waals surface area contributed by atoms with Crippen LogP contribution < -0.4 is 10.6 Å². The van der Waals surface area contributed by atoms with Crippen LogP contribution >= 0.6 is 11.6 Å². The van der Waals surface area contributed by atoms with Crippen molar-refractivity contribution in [3.8, 4) is 0 Å². The van der Waals surface area contributed by atoms with Crippen LogP contribution in [0.5, 0.6) is 0 Å². The van der Waals surface area contributed by atoms with E-state index < -0.39 is 11.9 Å². The molecule has 7 heteroatoms. The van der Waals surface area contributed by atoms with Crippen LogP contribution in [0.2, 0.25) is 5.02 Å². The van der Waals surface area contributed by atoms with E-state index in [9.17, 15) is 14.0 Å². The fraction of sp³-hybridized carbons (Fsp3) is 0.500. The number of hydrogen-bond donors (Lipinski definition) is 2. The molecule has 3 rings (SSSR count). The summed E-state index contributed by atoms with van der Waals surface area (Å²) in [4.78, 5) is 26.0. The van der Waals surface area contributed by atoms with Gasteiger partial charge in [0.2, 0.25) is 11.8 Å². The summed E-state index contributed by atoms with van der Waals surface area (Å²) in [7, 11) is 0. The largest absolute Gasteiger partial charge is 0.353 e. The predicted molar refractivity (Wildman–Crippen MR) is 84.4 cm³/mol. The summed E-state index contributed by atoms with van der Waals surface area (Å²) in [6.45, 7) is 1.24. The van der Waals surface area contributed by atoms with Crippen LogP contribution in [-0.2, 0) is 16.1 Å². The molecule has 0 spiro atoms. The van der Waals surface area contributed by atoms with E-state index in [1.807, 2.05) is 4.90 Å². The predicted octanol–water partition coefficient (Wildman–Crippen LogP) is 1.45. The lowest BCUT2D eigenvalue weighted by Gasteiger charge is -2.35. The first-order valence-electron chi connectivity index (χ1n) is 7.78. The second-order valence-electron chi connectivity index (χ2n) is 6.02. The molecule has 2 amide bonds. The maximum atomic E-state index is 14.0. The smallest absolute Gasteiger partial charge is 0.237 e. The molecule has 1 aliphatic carbocycles. The first-order chi connectivity index (χ1) is 11.0. The van der Waals surface area contributed by atoms with E-state index in [-0.39, 0.29) is 30.8 Å². The van der Waals surface area contributed by atoms with Crippen molar-refractivity contribution >= 4 is 23.4 Å². The lowest BCUT2D eigenvalue weighted by atomic mass is 10.1. The molecule has 1 unspecified atom stereocenters. The Balaban J connectivity index is 1.72. The van der Waals surface area contributed by atoms with Crippen molar-refractivity contribution in [2.75, 3.05) is 13.1 Å². The SMILES string of the molecule is O=C(CC1C(=O)NCCN1Cc1c(F)cccc1Cl)NC1CC1. The Hall–Kier alpha value is -1.66. The molecule has 0 bridgehead atoms. The zero-order valence-electron chi connectivity index (χ0n) is 12.6. The van der Waals surface area contributed by atoms with Gasteiger partial charge in [-0.2, -0.15) is 0 Å². The van der Waals surface area contributed by atoms with Crippen molar-refractivity contribution in [2.24, 2.45) is 0 Å². The van der Waals surface area contributed by atoms with Crippen molar-refractivity contribution in [3.05, 3.63) is 34.6 Å². The number of halogens is 2. The van der Waals surface area contributed by atoms with Crippen LogP contribution in [0, 0.1) is 5.82 Å². The second kappa shape index (κ2) is 6.84. The average Bonchev–Trinajstić information content (AvgIpc) is 3.30. The molecule has 1 aromatic rings. The zero-order valence-corrected chi connectivity index (χ0v) is 13.4. The molecule has 1 heterocycles. The van der Waals surface area contributed by atoms with Gasteiger partial charge in [-0.1, -0.05) is 17.7 Å². The highest BCUT2D eigenvalue weighted by molar-refractivity contribution is 6.31. The number of carbonyl (C=O) groups excluding carboxylic acids is 2. The number of hydrogen-bond acceptors (Lipinski definition) is 3. The van der Waals surface area contributed by atoms with E-state index in [0.29, 0.717) is 23.7 Å². The summed E-state index contributed by atoms with van der Waals surface area (Å²) < 4.78 is 14.0. The van der Waals surface area contributed by atoms with Gasteiger partial charge >= 0.3 is 0 Å². The number of nitrogens with zero attached hydrogens (tertiary/aromatic N) is 1. The van der Waals surface area contributed by atoms with Crippen molar-refractivity contribution in [2.45, 2.75) is 37.9 Å². The van der Waals surface area contributed by atoms with Gasteiger partial charge in [0.05, 0.1) is 12.5 Å². The summed E-state index contributed by atoms with van der Waals surface area (Å²) in [5.74, 6) is -0.737. The fourth-order valence-corrected chi connectivity index (χ4v) is 2.97. The Labute approximate surface area is 139 Å². The Morgan fingerprint density at radius 2 is 2.22 bits per heavy atom. The summed E-state index contributed by atoms with van der Waals surface area (Å²) in [6.07, 6.45) is 2.07. The molecule has 1 aromatic carbocycles. The van der Waals surface area contributed by atoms with Crippen LogP contribution in [-0.4, -0.2) is 41.9 Å². The average molecular weight is 340 g/mol. The van der Waals surface area contributed by atoms with E-state index in [1.165, 1.54) is 6.07 Å². The minimum atomic E-state index is -0.599. The maximum Gasteiger partial charge on any atom is 0.237 e. The molecular weight excluding hydrogens is 321 g/mol. The summed E-state index contributed by atoms with van der Waals surface area (Å²) >= 11 is 6.07. The third kappa shape index (κ3) is 4.00. The van der Waals surface area contributed by atoms with Gasteiger partial charge in [-0.25, -0.2) is 4.39 Å². The van der Waals surface area contributed by atoms with Crippen molar-refractivity contribution in [1.82, 2.24) is 15.5 Å². The van der Waals surface area contributed by atoms with Crippen LogP contribution in [0.3, 0.4) is 0 Å². The number of benzene rings is 1. The summed E-state index contributed by atoms with van der Waals surface area (Å²) in [5, 5.41) is 5.98. The molecule has 2 aliphatic rings. The Bertz CT molecular complexity index is 601. The number of nitrogens with one attached hydrogen (secondary N) is 2. The van der Waals surface area contributed by atoms with Gasteiger partial charge in [0.25, 0.3) is 0 Å².